The van der Waals surface area contributed by atoms with Crippen molar-refractivity contribution in [2.75, 3.05) is 20.2 Å². The van der Waals surface area contributed by atoms with Gasteiger partial charge >= 0.3 is 18.0 Å². The number of amides is 1. The lowest BCUT2D eigenvalue weighted by molar-refractivity contribution is -0.149. The molecule has 1 rings (SSSR count). The standard InChI is InChI=1S/C9H13NO5/c1-14-7(11)6-8(12)15-9(13)10-4-2-3-5-10/h2-6H2,1H3. The van der Waals surface area contributed by atoms with E-state index in [9.17, 15) is 14.4 Å². The minimum atomic E-state index is -0.876. The van der Waals surface area contributed by atoms with Gasteiger partial charge in [-0.2, -0.15) is 0 Å². The van der Waals surface area contributed by atoms with Crippen molar-refractivity contribution in [3.8, 4) is 0 Å². The average Bonchev–Trinajstić information content (AvgIpc) is 2.70. The Hall–Kier alpha value is -1.59. The fourth-order valence-electron chi connectivity index (χ4n) is 1.29. The van der Waals surface area contributed by atoms with E-state index < -0.39 is 24.5 Å². The lowest BCUT2D eigenvalue weighted by Crippen LogP contribution is -2.31. The molecule has 0 atom stereocenters. The smallest absolute Gasteiger partial charge is 0.417 e. The van der Waals surface area contributed by atoms with Crippen LogP contribution in [0.5, 0.6) is 0 Å². The molecule has 6 heteroatoms. The summed E-state index contributed by atoms with van der Waals surface area (Å²) in [5.74, 6) is -1.59. The maximum absolute atomic E-state index is 11.3. The van der Waals surface area contributed by atoms with Gasteiger partial charge in [0, 0.05) is 13.1 Å². The fourth-order valence-corrected chi connectivity index (χ4v) is 1.29. The summed E-state index contributed by atoms with van der Waals surface area (Å²) in [5, 5.41) is 0. The zero-order valence-electron chi connectivity index (χ0n) is 8.52. The van der Waals surface area contributed by atoms with Crippen LogP contribution in [0.3, 0.4) is 0 Å². The van der Waals surface area contributed by atoms with Gasteiger partial charge in [-0.05, 0) is 12.8 Å². The van der Waals surface area contributed by atoms with Gasteiger partial charge in [0.2, 0.25) is 0 Å². The molecule has 0 bridgehead atoms. The molecule has 1 heterocycles. The van der Waals surface area contributed by atoms with Crippen molar-refractivity contribution >= 4 is 18.0 Å². The first kappa shape index (κ1) is 11.5. The van der Waals surface area contributed by atoms with Crippen LogP contribution < -0.4 is 0 Å². The van der Waals surface area contributed by atoms with Gasteiger partial charge in [-0.3, -0.25) is 9.59 Å². The van der Waals surface area contributed by atoms with E-state index in [0.717, 1.165) is 20.0 Å². The number of carbonyl (C=O) groups is 3. The van der Waals surface area contributed by atoms with Gasteiger partial charge in [0.05, 0.1) is 7.11 Å². The maximum Gasteiger partial charge on any atom is 0.417 e. The maximum atomic E-state index is 11.3. The molecule has 0 radical (unpaired) electrons. The van der Waals surface area contributed by atoms with Crippen LogP contribution in [0.15, 0.2) is 0 Å². The molecule has 84 valence electrons. The van der Waals surface area contributed by atoms with E-state index in [1.54, 1.807) is 0 Å². The van der Waals surface area contributed by atoms with Crippen LogP contribution in [0.2, 0.25) is 0 Å². The fraction of sp³-hybridized carbons (Fsp3) is 0.667. The molecule has 1 fully saturated rings. The topological polar surface area (TPSA) is 72.9 Å². The molecular weight excluding hydrogens is 202 g/mol. The SMILES string of the molecule is COC(=O)CC(=O)OC(=O)N1CCCC1. The third kappa shape index (κ3) is 3.57. The monoisotopic (exact) mass is 215 g/mol. The van der Waals surface area contributed by atoms with Gasteiger partial charge in [-0.1, -0.05) is 0 Å². The second-order valence-electron chi connectivity index (χ2n) is 3.19. The van der Waals surface area contributed by atoms with Crippen molar-refractivity contribution in [1.82, 2.24) is 4.90 Å². The molecule has 0 spiro atoms. The predicted octanol–water partition coefficient (Wildman–Crippen LogP) is 0.308. The molecule has 1 aliphatic heterocycles. The summed E-state index contributed by atoms with van der Waals surface area (Å²) in [5.41, 5.74) is 0. The Morgan fingerprint density at radius 1 is 1.13 bits per heavy atom. The largest absolute Gasteiger partial charge is 0.469 e. The van der Waals surface area contributed by atoms with Gasteiger partial charge in [0.25, 0.3) is 0 Å². The molecule has 0 saturated carbocycles. The average molecular weight is 215 g/mol. The predicted molar refractivity (Wildman–Crippen MR) is 48.9 cm³/mol. The first-order valence-electron chi connectivity index (χ1n) is 4.70. The number of esters is 2. The highest BCUT2D eigenvalue weighted by Crippen LogP contribution is 2.09. The minimum Gasteiger partial charge on any atom is -0.469 e. The summed E-state index contributed by atoms with van der Waals surface area (Å²) in [6, 6.07) is 0. The highest BCUT2D eigenvalue weighted by Gasteiger charge is 2.22. The number of nitrogens with zero attached hydrogens (tertiary/aromatic N) is 1. The summed E-state index contributed by atoms with van der Waals surface area (Å²) in [4.78, 5) is 34.4. The normalized spacial score (nSPS) is 14.9. The number of hydrogen-bond acceptors (Lipinski definition) is 5. The van der Waals surface area contributed by atoms with Crippen molar-refractivity contribution in [2.24, 2.45) is 0 Å². The Bertz CT molecular complexity index is 270. The molecular formula is C9H13NO5. The Balaban J connectivity index is 2.30. The quantitative estimate of drug-likeness (QED) is 0.489. The van der Waals surface area contributed by atoms with Crippen molar-refractivity contribution in [3.05, 3.63) is 0 Å². The highest BCUT2D eigenvalue weighted by atomic mass is 16.6. The molecule has 0 aromatic rings. The van der Waals surface area contributed by atoms with E-state index in [1.165, 1.54) is 4.90 Å². The van der Waals surface area contributed by atoms with Crippen molar-refractivity contribution in [1.29, 1.82) is 0 Å². The molecule has 0 N–H and O–H groups in total. The van der Waals surface area contributed by atoms with Crippen molar-refractivity contribution in [3.63, 3.8) is 0 Å². The van der Waals surface area contributed by atoms with E-state index in [1.807, 2.05) is 0 Å². The summed E-state index contributed by atoms with van der Waals surface area (Å²) in [6.07, 6.45) is 0.623. The number of rotatable bonds is 2. The number of likely N-dealkylation sites (tertiary alicyclic amines) is 1. The highest BCUT2D eigenvalue weighted by molar-refractivity contribution is 5.95. The molecule has 0 unspecified atom stereocenters. The molecule has 15 heavy (non-hydrogen) atoms. The van der Waals surface area contributed by atoms with Gasteiger partial charge in [-0.25, -0.2) is 4.79 Å². The first-order chi connectivity index (χ1) is 7.13. The van der Waals surface area contributed by atoms with E-state index in [4.69, 9.17) is 0 Å². The van der Waals surface area contributed by atoms with Gasteiger partial charge in [-0.15, -0.1) is 0 Å². The van der Waals surface area contributed by atoms with Crippen LogP contribution in [-0.4, -0.2) is 43.1 Å². The van der Waals surface area contributed by atoms with Crippen LogP contribution in [0, 0.1) is 0 Å². The zero-order chi connectivity index (χ0) is 11.3. The Labute approximate surface area is 87.1 Å². The molecule has 0 aliphatic carbocycles. The third-order valence-corrected chi connectivity index (χ3v) is 2.08. The number of methoxy groups -OCH3 is 1. The van der Waals surface area contributed by atoms with E-state index in [-0.39, 0.29) is 0 Å². The summed E-state index contributed by atoms with van der Waals surface area (Å²) < 4.78 is 8.72. The number of hydrogen-bond donors (Lipinski definition) is 0. The summed E-state index contributed by atoms with van der Waals surface area (Å²) >= 11 is 0. The minimum absolute atomic E-state index is 0.532. The van der Waals surface area contributed by atoms with Crippen LogP contribution in [0.4, 0.5) is 4.79 Å². The molecule has 6 nitrogen and oxygen atoms in total. The molecule has 1 saturated heterocycles. The van der Waals surface area contributed by atoms with E-state index in [2.05, 4.69) is 9.47 Å². The molecule has 0 aromatic heterocycles. The number of carbonyl (C=O) groups excluding carboxylic acids is 3. The van der Waals surface area contributed by atoms with E-state index >= 15 is 0 Å². The Morgan fingerprint density at radius 2 is 1.73 bits per heavy atom. The van der Waals surface area contributed by atoms with Crippen molar-refractivity contribution in [2.45, 2.75) is 19.3 Å². The Kier molecular flexibility index (Phi) is 4.08. The van der Waals surface area contributed by atoms with Gasteiger partial charge in [0.1, 0.15) is 6.42 Å². The Morgan fingerprint density at radius 3 is 2.27 bits per heavy atom. The lowest BCUT2D eigenvalue weighted by Gasteiger charge is -2.13. The van der Waals surface area contributed by atoms with Crippen LogP contribution in [-0.2, 0) is 19.1 Å². The van der Waals surface area contributed by atoms with Crippen LogP contribution in [0.25, 0.3) is 0 Å². The summed E-state index contributed by atoms with van der Waals surface area (Å²) in [7, 11) is 1.16. The second kappa shape index (κ2) is 5.33. The lowest BCUT2D eigenvalue weighted by atomic mass is 10.4. The van der Waals surface area contributed by atoms with Crippen molar-refractivity contribution < 1.29 is 23.9 Å². The summed E-state index contributed by atoms with van der Waals surface area (Å²) in [6.45, 7) is 1.20. The number of ether oxygens (including phenoxy) is 2. The third-order valence-electron chi connectivity index (χ3n) is 2.08. The second-order valence-corrected chi connectivity index (χ2v) is 3.19. The van der Waals surface area contributed by atoms with Crippen LogP contribution in [0.1, 0.15) is 19.3 Å². The molecule has 0 aromatic carbocycles. The molecule has 1 aliphatic rings. The van der Waals surface area contributed by atoms with E-state index in [0.29, 0.717) is 13.1 Å². The zero-order valence-corrected chi connectivity index (χ0v) is 8.52. The van der Waals surface area contributed by atoms with Gasteiger partial charge in [0.15, 0.2) is 0 Å². The molecule has 1 amide bonds. The van der Waals surface area contributed by atoms with Crippen LogP contribution >= 0.6 is 0 Å². The van der Waals surface area contributed by atoms with Gasteiger partial charge < -0.3 is 14.4 Å². The first-order valence-corrected chi connectivity index (χ1v) is 4.70.